The van der Waals surface area contributed by atoms with Crippen LogP contribution in [-0.2, 0) is 0 Å². The second-order valence-electron chi connectivity index (χ2n) is 3.60. The molecule has 0 aromatic heterocycles. The van der Waals surface area contributed by atoms with E-state index in [0.29, 0.717) is 0 Å². The van der Waals surface area contributed by atoms with Crippen LogP contribution in [0.15, 0.2) is 30.3 Å². The number of para-hydroxylation sites is 1. The number of quaternary nitrogens is 1. The Kier molecular flexibility index (Phi) is 4.66. The van der Waals surface area contributed by atoms with Crippen LogP contribution in [0.1, 0.15) is 1.43 Å². The van der Waals surface area contributed by atoms with Crippen molar-refractivity contribution in [2.45, 2.75) is 0 Å². The summed E-state index contributed by atoms with van der Waals surface area (Å²) in [5.74, 6) is 0. The van der Waals surface area contributed by atoms with Crippen LogP contribution in [0.25, 0.3) is 0 Å². The molecule has 0 bridgehead atoms. The maximum Gasteiger partial charge on any atom is 1.00 e. The lowest BCUT2D eigenvalue weighted by atomic mass is 10.3. The average molecular weight is 197 g/mol. The molecule has 1 aromatic rings. The van der Waals surface area contributed by atoms with Crippen molar-refractivity contribution in [3.05, 3.63) is 30.3 Å². The zero-order valence-electron chi connectivity index (χ0n) is 9.56. The monoisotopic (exact) mass is 197 g/mol. The zero-order valence-corrected chi connectivity index (χ0v) is 8.56. The average Bonchev–Trinajstić information content (AvgIpc) is 2.03. The van der Waals surface area contributed by atoms with Crippen molar-refractivity contribution < 1.29 is 16.4 Å². The maximum atomic E-state index is 8.33. The number of nitrogens with zero attached hydrogens (tertiary/aromatic N) is 1. The van der Waals surface area contributed by atoms with E-state index >= 15 is 0 Å². The molecule has 1 rings (SSSR count). The second-order valence-corrected chi connectivity index (χ2v) is 3.60. The van der Waals surface area contributed by atoms with Crippen molar-refractivity contribution in [3.63, 3.8) is 0 Å². The van der Waals surface area contributed by atoms with Crippen LogP contribution in [0, 0.1) is 0 Å². The summed E-state index contributed by atoms with van der Waals surface area (Å²) < 4.78 is 0.890. The van der Waals surface area contributed by atoms with E-state index in [9.17, 15) is 0 Å². The summed E-state index contributed by atoms with van der Waals surface area (Å²) >= 11 is 0. The lowest BCUT2D eigenvalue weighted by Gasteiger charge is -2.22. The van der Waals surface area contributed by atoms with Gasteiger partial charge in [0.15, 0.2) is 0 Å². The maximum absolute atomic E-state index is 8.33. The Morgan fingerprint density at radius 2 is 1.50 bits per heavy atom. The Labute approximate surface area is 85.1 Å². The predicted molar refractivity (Wildman–Crippen MR) is 52.5 cm³/mol. The highest BCUT2D eigenvalue weighted by Gasteiger charge is 2.08. The van der Waals surface area contributed by atoms with Crippen molar-refractivity contribution in [1.82, 2.24) is 4.48 Å². The molecular weight excluding hydrogens is 182 g/mol. The molecular formula is C10H15NO3. The fourth-order valence-electron chi connectivity index (χ4n) is 0.875. The van der Waals surface area contributed by atoms with Gasteiger partial charge in [0.2, 0.25) is 0 Å². The van der Waals surface area contributed by atoms with Gasteiger partial charge < -0.3 is 15.0 Å². The molecule has 0 aliphatic rings. The molecule has 0 aliphatic carbocycles. The topological polar surface area (TPSA) is 63.2 Å². The summed E-state index contributed by atoms with van der Waals surface area (Å²) in [6, 6.07) is 10.5. The van der Waals surface area contributed by atoms with Crippen LogP contribution in [0.4, 0.5) is 10.5 Å². The van der Waals surface area contributed by atoms with Gasteiger partial charge in [-0.15, -0.1) is 0 Å². The minimum Gasteiger partial charge on any atom is -0.652 e. The molecule has 4 nitrogen and oxygen atoms in total. The Balaban J connectivity index is 0. The highest BCUT2D eigenvalue weighted by atomic mass is 16.6. The third-order valence-corrected chi connectivity index (χ3v) is 1.53. The summed E-state index contributed by atoms with van der Waals surface area (Å²) in [4.78, 5) is 8.33. The van der Waals surface area contributed by atoms with Crippen molar-refractivity contribution in [3.8, 4) is 0 Å². The van der Waals surface area contributed by atoms with Crippen LogP contribution in [0.2, 0.25) is 0 Å². The molecule has 0 saturated carbocycles. The number of hydrogen-bond acceptors (Lipinski definition) is 3. The summed E-state index contributed by atoms with van der Waals surface area (Å²) in [5, 5.41) is 16.7. The van der Waals surface area contributed by atoms with Gasteiger partial charge in [0.05, 0.1) is 21.1 Å². The number of carbonyl (C=O) groups is 1. The Bertz CT molecular complexity index is 278. The van der Waals surface area contributed by atoms with E-state index in [-0.39, 0.29) is 1.43 Å². The second kappa shape index (κ2) is 5.24. The fourth-order valence-corrected chi connectivity index (χ4v) is 0.875. The van der Waals surface area contributed by atoms with E-state index < -0.39 is 6.16 Å². The summed E-state index contributed by atoms with van der Waals surface area (Å²) in [6.45, 7) is 0. The largest absolute Gasteiger partial charge is 1.00 e. The van der Waals surface area contributed by atoms with Crippen molar-refractivity contribution in [1.29, 1.82) is 0 Å². The zero-order chi connectivity index (χ0) is 11.2. The van der Waals surface area contributed by atoms with Gasteiger partial charge in [-0.3, -0.25) is 4.48 Å². The number of carbonyl (C=O) groups excluding carboxylic acids is 1. The van der Waals surface area contributed by atoms with E-state index in [1.807, 2.05) is 6.07 Å². The molecule has 0 heterocycles. The van der Waals surface area contributed by atoms with Gasteiger partial charge in [-0.05, 0) is 18.3 Å². The Morgan fingerprint density at radius 3 is 1.71 bits per heavy atom. The minimum absolute atomic E-state index is 0. The van der Waals surface area contributed by atoms with E-state index in [0.717, 1.165) is 4.48 Å². The molecule has 0 saturated heterocycles. The lowest BCUT2D eigenvalue weighted by molar-refractivity contribution is -0.415. The number of hydrogen-bond donors (Lipinski definition) is 0. The summed E-state index contributed by atoms with van der Waals surface area (Å²) in [6.07, 6.45) is -2.33. The standard InChI is InChI=1S/C9H14N.CH2O3/c1-10(2,3)9-7-5-4-6-8-9;2-1(3)4/h4-8H,1-3H3;(H2,2,3,4)/q+1;/p-1. The van der Waals surface area contributed by atoms with E-state index in [1.54, 1.807) is 0 Å². The smallest absolute Gasteiger partial charge is 0.652 e. The summed E-state index contributed by atoms with van der Waals surface area (Å²) in [5.41, 5.74) is 1.34. The van der Waals surface area contributed by atoms with Crippen LogP contribution < -0.4 is 14.7 Å². The van der Waals surface area contributed by atoms with Crippen molar-refractivity contribution in [2.75, 3.05) is 21.1 Å². The van der Waals surface area contributed by atoms with Crippen molar-refractivity contribution >= 4 is 11.8 Å². The first-order valence-electron chi connectivity index (χ1n) is 4.09. The number of benzene rings is 1. The minimum atomic E-state index is -2.33. The van der Waals surface area contributed by atoms with E-state index in [4.69, 9.17) is 15.0 Å². The van der Waals surface area contributed by atoms with Gasteiger partial charge in [0.1, 0.15) is 5.69 Å². The molecule has 0 atom stereocenters. The van der Waals surface area contributed by atoms with Crippen LogP contribution in [0.5, 0.6) is 0 Å². The lowest BCUT2D eigenvalue weighted by Crippen LogP contribution is -2.37. The van der Waals surface area contributed by atoms with Gasteiger partial charge >= 0.3 is 1.43 Å². The van der Waals surface area contributed by atoms with Gasteiger partial charge in [-0.25, -0.2) is 0 Å². The van der Waals surface area contributed by atoms with Gasteiger partial charge in [0.25, 0.3) is 0 Å². The number of carboxylic acid groups (broad SMARTS) is 2. The molecule has 0 N–H and O–H groups in total. The quantitative estimate of drug-likeness (QED) is 0.573. The van der Waals surface area contributed by atoms with Crippen LogP contribution in [-0.4, -0.2) is 27.3 Å². The van der Waals surface area contributed by atoms with Gasteiger partial charge in [0, 0.05) is 0 Å². The highest BCUT2D eigenvalue weighted by Crippen LogP contribution is 2.14. The van der Waals surface area contributed by atoms with E-state index in [2.05, 4.69) is 45.4 Å². The van der Waals surface area contributed by atoms with Gasteiger partial charge in [-0.1, -0.05) is 18.2 Å². The first-order chi connectivity index (χ1) is 6.34. The molecule has 1 aromatic carbocycles. The third-order valence-electron chi connectivity index (χ3n) is 1.53. The SMILES string of the molecule is C[N+](C)(C)c1ccccc1.O=C([O-])[O-].[H+]. The Morgan fingerprint density at radius 1 is 1.14 bits per heavy atom. The molecule has 0 spiro atoms. The molecule has 0 amide bonds. The van der Waals surface area contributed by atoms with Gasteiger partial charge in [-0.2, -0.15) is 0 Å². The molecule has 0 radical (unpaired) electrons. The highest BCUT2D eigenvalue weighted by molar-refractivity contribution is 5.47. The molecule has 14 heavy (non-hydrogen) atoms. The van der Waals surface area contributed by atoms with Crippen molar-refractivity contribution in [2.24, 2.45) is 0 Å². The first kappa shape index (κ1) is 12.4. The normalized spacial score (nSPS) is 9.93. The molecule has 78 valence electrons. The summed E-state index contributed by atoms with van der Waals surface area (Å²) in [7, 11) is 6.49. The molecule has 0 fully saturated rings. The third kappa shape index (κ3) is 6.02. The first-order valence-corrected chi connectivity index (χ1v) is 4.09. The predicted octanol–water partition coefficient (Wildman–Crippen LogP) is -0.451. The Hall–Kier alpha value is -1.55. The molecule has 0 unspecified atom stereocenters. The number of rotatable bonds is 1. The van der Waals surface area contributed by atoms with Crippen LogP contribution in [0.3, 0.4) is 0 Å². The van der Waals surface area contributed by atoms with E-state index in [1.165, 1.54) is 5.69 Å². The fraction of sp³-hybridized carbons (Fsp3) is 0.300. The van der Waals surface area contributed by atoms with Crippen LogP contribution >= 0.6 is 0 Å². The molecule has 4 heteroatoms. The molecule has 0 aliphatic heterocycles.